The molecular weight excluding hydrogens is 254 g/mol. The quantitative estimate of drug-likeness (QED) is 0.895. The van der Waals surface area contributed by atoms with Gasteiger partial charge in [0.15, 0.2) is 5.72 Å². The minimum atomic E-state index is -1.47. The molecule has 1 heterocycles. The van der Waals surface area contributed by atoms with Gasteiger partial charge in [-0.05, 0) is 25.1 Å². The molecule has 1 atom stereocenters. The molecule has 2 aromatic rings. The topological polar surface area (TPSA) is 58.6 Å². The van der Waals surface area contributed by atoms with Crippen LogP contribution in [0.5, 0.6) is 5.75 Å². The Kier molecular flexibility index (Phi) is 2.95. The molecule has 0 saturated heterocycles. The Labute approximate surface area is 117 Å². The Hall–Kier alpha value is -2.33. The number of fused-ring (bicyclic) bond motifs is 1. The van der Waals surface area contributed by atoms with Gasteiger partial charge in [-0.2, -0.15) is 0 Å². The molecule has 0 fully saturated rings. The zero-order valence-corrected chi connectivity index (χ0v) is 11.1. The van der Waals surface area contributed by atoms with E-state index in [0.717, 1.165) is 5.56 Å². The minimum absolute atomic E-state index is 0.0290. The number of aryl methyl sites for hydroxylation is 1. The third-order valence-corrected chi connectivity index (χ3v) is 3.41. The zero-order valence-electron chi connectivity index (χ0n) is 11.1. The number of aliphatic hydroxyl groups is 1. The summed E-state index contributed by atoms with van der Waals surface area (Å²) in [6.45, 7) is 1.96. The Morgan fingerprint density at radius 2 is 1.85 bits per heavy atom. The monoisotopic (exact) mass is 269 g/mol. The lowest BCUT2D eigenvalue weighted by Crippen LogP contribution is -2.44. The standard InChI is InChI=1S/C16H15NO3/c1-11-6-8-12(9-7-11)20-10-16(19)14-5-3-2-4-13(14)15(18)17-16/h2-9,19H,10H2,1H3,(H,17,18). The molecular formula is C16H15NO3. The van der Waals surface area contributed by atoms with Crippen LogP contribution in [0.25, 0.3) is 0 Å². The van der Waals surface area contributed by atoms with Crippen LogP contribution in [-0.2, 0) is 5.72 Å². The van der Waals surface area contributed by atoms with Crippen LogP contribution in [0.1, 0.15) is 21.5 Å². The number of amides is 1. The summed E-state index contributed by atoms with van der Waals surface area (Å²) in [6, 6.07) is 14.5. The third kappa shape index (κ3) is 2.14. The molecule has 20 heavy (non-hydrogen) atoms. The molecule has 1 unspecified atom stereocenters. The molecule has 1 amide bonds. The van der Waals surface area contributed by atoms with Crippen LogP contribution in [0.3, 0.4) is 0 Å². The largest absolute Gasteiger partial charge is 0.488 e. The van der Waals surface area contributed by atoms with Crippen LogP contribution in [-0.4, -0.2) is 17.6 Å². The molecule has 3 rings (SSSR count). The Morgan fingerprint density at radius 1 is 1.15 bits per heavy atom. The van der Waals surface area contributed by atoms with Gasteiger partial charge in [-0.1, -0.05) is 35.9 Å². The number of rotatable bonds is 3. The second kappa shape index (κ2) is 4.65. The lowest BCUT2D eigenvalue weighted by atomic mass is 10.0. The molecule has 2 N–H and O–H groups in total. The van der Waals surface area contributed by atoms with Crippen molar-refractivity contribution < 1.29 is 14.6 Å². The van der Waals surface area contributed by atoms with Crippen molar-refractivity contribution in [3.63, 3.8) is 0 Å². The summed E-state index contributed by atoms with van der Waals surface area (Å²) in [5.41, 5.74) is 0.702. The molecule has 4 nitrogen and oxygen atoms in total. The fourth-order valence-corrected chi connectivity index (χ4v) is 2.30. The first-order valence-corrected chi connectivity index (χ1v) is 6.42. The van der Waals surface area contributed by atoms with Gasteiger partial charge in [-0.15, -0.1) is 0 Å². The van der Waals surface area contributed by atoms with Crippen molar-refractivity contribution in [2.75, 3.05) is 6.61 Å². The molecule has 0 saturated carbocycles. The summed E-state index contributed by atoms with van der Waals surface area (Å²) in [5.74, 6) is 0.373. The summed E-state index contributed by atoms with van der Waals surface area (Å²) < 4.78 is 5.59. The van der Waals surface area contributed by atoms with E-state index in [0.29, 0.717) is 16.9 Å². The minimum Gasteiger partial charge on any atom is -0.488 e. The van der Waals surface area contributed by atoms with Gasteiger partial charge in [0.2, 0.25) is 0 Å². The summed E-state index contributed by atoms with van der Waals surface area (Å²) in [5, 5.41) is 13.1. The van der Waals surface area contributed by atoms with Crippen molar-refractivity contribution in [2.24, 2.45) is 0 Å². The van der Waals surface area contributed by atoms with Crippen molar-refractivity contribution in [3.8, 4) is 5.75 Å². The molecule has 0 bridgehead atoms. The van der Waals surface area contributed by atoms with E-state index in [1.54, 1.807) is 24.3 Å². The van der Waals surface area contributed by atoms with Crippen LogP contribution in [0.15, 0.2) is 48.5 Å². The van der Waals surface area contributed by atoms with Crippen LogP contribution >= 0.6 is 0 Å². The molecule has 0 spiro atoms. The second-order valence-corrected chi connectivity index (χ2v) is 4.96. The first-order chi connectivity index (χ1) is 9.58. The molecule has 4 heteroatoms. The maximum atomic E-state index is 11.8. The molecule has 0 aromatic heterocycles. The van der Waals surface area contributed by atoms with Crippen molar-refractivity contribution in [1.29, 1.82) is 0 Å². The average molecular weight is 269 g/mol. The lowest BCUT2D eigenvalue weighted by molar-refractivity contribution is -0.0260. The number of hydrogen-bond donors (Lipinski definition) is 2. The van der Waals surface area contributed by atoms with E-state index in [9.17, 15) is 9.90 Å². The lowest BCUT2D eigenvalue weighted by Gasteiger charge is -2.24. The first-order valence-electron chi connectivity index (χ1n) is 6.42. The second-order valence-electron chi connectivity index (χ2n) is 4.96. The summed E-state index contributed by atoms with van der Waals surface area (Å²) >= 11 is 0. The van der Waals surface area contributed by atoms with E-state index in [-0.39, 0.29) is 12.5 Å². The van der Waals surface area contributed by atoms with Gasteiger partial charge < -0.3 is 15.2 Å². The van der Waals surface area contributed by atoms with E-state index in [1.165, 1.54) is 0 Å². The van der Waals surface area contributed by atoms with Gasteiger partial charge in [-0.3, -0.25) is 4.79 Å². The van der Waals surface area contributed by atoms with Crippen LogP contribution in [0, 0.1) is 6.92 Å². The molecule has 0 aliphatic carbocycles. The van der Waals surface area contributed by atoms with Gasteiger partial charge >= 0.3 is 0 Å². The summed E-state index contributed by atoms with van der Waals surface area (Å²) in [6.07, 6.45) is 0. The molecule has 2 aromatic carbocycles. The summed E-state index contributed by atoms with van der Waals surface area (Å²) in [7, 11) is 0. The number of ether oxygens (including phenoxy) is 1. The highest BCUT2D eigenvalue weighted by molar-refractivity contribution is 5.99. The van der Waals surface area contributed by atoms with Crippen molar-refractivity contribution in [2.45, 2.75) is 12.6 Å². The fourth-order valence-electron chi connectivity index (χ4n) is 2.30. The Bertz CT molecular complexity index is 651. The van der Waals surface area contributed by atoms with E-state index in [2.05, 4.69) is 5.32 Å². The maximum absolute atomic E-state index is 11.8. The molecule has 1 aliphatic heterocycles. The van der Waals surface area contributed by atoms with E-state index in [1.807, 2.05) is 31.2 Å². The predicted octanol–water partition coefficient (Wildman–Crippen LogP) is 1.96. The summed E-state index contributed by atoms with van der Waals surface area (Å²) in [4.78, 5) is 11.8. The highest BCUT2D eigenvalue weighted by Crippen LogP contribution is 2.29. The van der Waals surface area contributed by atoms with Crippen molar-refractivity contribution in [3.05, 3.63) is 65.2 Å². The van der Waals surface area contributed by atoms with Crippen LogP contribution < -0.4 is 10.1 Å². The number of hydrogen-bond acceptors (Lipinski definition) is 3. The molecule has 0 radical (unpaired) electrons. The van der Waals surface area contributed by atoms with Crippen LogP contribution in [0.2, 0.25) is 0 Å². The number of nitrogens with one attached hydrogen (secondary N) is 1. The van der Waals surface area contributed by atoms with Crippen molar-refractivity contribution in [1.82, 2.24) is 5.32 Å². The number of carbonyl (C=O) groups is 1. The highest BCUT2D eigenvalue weighted by atomic mass is 16.5. The molecule has 1 aliphatic rings. The zero-order chi connectivity index (χ0) is 14.2. The highest BCUT2D eigenvalue weighted by Gasteiger charge is 2.41. The van der Waals surface area contributed by atoms with Gasteiger partial charge in [0.05, 0.1) is 0 Å². The van der Waals surface area contributed by atoms with E-state index >= 15 is 0 Å². The molecule has 102 valence electrons. The third-order valence-electron chi connectivity index (χ3n) is 3.41. The van der Waals surface area contributed by atoms with E-state index < -0.39 is 5.72 Å². The first kappa shape index (κ1) is 12.7. The normalized spacial score (nSPS) is 20.4. The Morgan fingerprint density at radius 3 is 2.60 bits per heavy atom. The van der Waals surface area contributed by atoms with E-state index in [4.69, 9.17) is 4.74 Å². The average Bonchev–Trinajstić information content (AvgIpc) is 2.71. The van der Waals surface area contributed by atoms with Gasteiger partial charge in [0.25, 0.3) is 5.91 Å². The number of benzene rings is 2. The maximum Gasteiger partial charge on any atom is 0.254 e. The van der Waals surface area contributed by atoms with Crippen molar-refractivity contribution >= 4 is 5.91 Å². The fraction of sp³-hybridized carbons (Fsp3) is 0.188. The SMILES string of the molecule is Cc1ccc(OCC2(O)NC(=O)c3ccccc32)cc1. The van der Waals surface area contributed by atoms with Gasteiger partial charge in [-0.25, -0.2) is 0 Å². The predicted molar refractivity (Wildman–Crippen MR) is 74.5 cm³/mol. The smallest absolute Gasteiger partial charge is 0.254 e. The van der Waals surface area contributed by atoms with Gasteiger partial charge in [0.1, 0.15) is 12.4 Å². The van der Waals surface area contributed by atoms with Gasteiger partial charge in [0, 0.05) is 11.1 Å². The Balaban J connectivity index is 1.81. The van der Waals surface area contributed by atoms with Crippen LogP contribution in [0.4, 0.5) is 0 Å². The number of carbonyl (C=O) groups excluding carboxylic acids is 1.